The summed E-state index contributed by atoms with van der Waals surface area (Å²) in [4.78, 5) is 0. The number of allylic oxidation sites excluding steroid dienone is 4. The molecule has 72 valence electrons. The van der Waals surface area contributed by atoms with Gasteiger partial charge in [-0.1, -0.05) is 23.3 Å². The molecule has 0 radical (unpaired) electrons. The van der Waals surface area contributed by atoms with Crippen LogP contribution in [-0.4, -0.2) is 0 Å². The largest absolute Gasteiger partial charge is 0.0658 e. The van der Waals surface area contributed by atoms with Gasteiger partial charge in [-0.2, -0.15) is 0 Å². The minimum Gasteiger partial charge on any atom is -0.0658 e. The topological polar surface area (TPSA) is 0 Å². The van der Waals surface area contributed by atoms with Gasteiger partial charge >= 0.3 is 0 Å². The molecule has 7 rings (SSSR count). The van der Waals surface area contributed by atoms with E-state index in [0.717, 1.165) is 0 Å². The first-order valence-electron chi connectivity index (χ1n) is 6.31. The SMILES string of the molecule is C1=C2CCC(=C1)C2.C1C2C3C2C2C1C32. The van der Waals surface area contributed by atoms with Crippen molar-refractivity contribution in [2.45, 2.75) is 25.7 Å². The molecule has 0 amide bonds. The predicted molar refractivity (Wildman–Crippen MR) is 55.6 cm³/mol. The van der Waals surface area contributed by atoms with Gasteiger partial charge in [-0.05, 0) is 61.2 Å². The lowest BCUT2D eigenvalue weighted by Gasteiger charge is -2.03. The molecule has 4 bridgehead atoms. The Balaban J connectivity index is 0.0000000771. The van der Waals surface area contributed by atoms with Crippen LogP contribution in [0.15, 0.2) is 23.3 Å². The third kappa shape index (κ3) is 0.610. The number of rotatable bonds is 0. The van der Waals surface area contributed by atoms with E-state index in [9.17, 15) is 0 Å². The van der Waals surface area contributed by atoms with Gasteiger partial charge in [0.05, 0.1) is 0 Å². The van der Waals surface area contributed by atoms with Crippen LogP contribution in [0.3, 0.4) is 0 Å². The summed E-state index contributed by atoms with van der Waals surface area (Å²) in [7, 11) is 0. The van der Waals surface area contributed by atoms with Gasteiger partial charge in [-0.15, -0.1) is 0 Å². The fourth-order valence-electron chi connectivity index (χ4n) is 5.13. The number of hydrogen-bond acceptors (Lipinski definition) is 0. The second-order valence-electron chi connectivity index (χ2n) is 6.20. The van der Waals surface area contributed by atoms with Gasteiger partial charge in [0.25, 0.3) is 0 Å². The second kappa shape index (κ2) is 1.89. The molecule has 7 aliphatic carbocycles. The Morgan fingerprint density at radius 2 is 1.29 bits per heavy atom. The van der Waals surface area contributed by atoms with E-state index in [0.29, 0.717) is 0 Å². The summed E-state index contributed by atoms with van der Waals surface area (Å²) in [5.74, 6) is 7.84. The Morgan fingerprint density at radius 1 is 0.786 bits per heavy atom. The van der Waals surface area contributed by atoms with Crippen molar-refractivity contribution in [3.8, 4) is 0 Å². The first-order chi connectivity index (χ1) is 6.93. The van der Waals surface area contributed by atoms with E-state index in [4.69, 9.17) is 0 Å². The fraction of sp³-hybridized carbons (Fsp3) is 0.714. The van der Waals surface area contributed by atoms with Gasteiger partial charge in [0.15, 0.2) is 0 Å². The van der Waals surface area contributed by atoms with Gasteiger partial charge in [0.1, 0.15) is 0 Å². The van der Waals surface area contributed by atoms with Crippen LogP contribution in [0.5, 0.6) is 0 Å². The van der Waals surface area contributed by atoms with E-state index < -0.39 is 0 Å². The first-order valence-corrected chi connectivity index (χ1v) is 6.31. The minimum absolute atomic E-state index is 1.29. The van der Waals surface area contributed by atoms with Crippen LogP contribution in [0, 0.1) is 35.5 Å². The quantitative estimate of drug-likeness (QED) is 0.542. The molecular formula is C14H16. The molecule has 0 atom stereocenters. The van der Waals surface area contributed by atoms with Crippen molar-refractivity contribution in [2.24, 2.45) is 35.5 Å². The van der Waals surface area contributed by atoms with Crippen molar-refractivity contribution in [2.75, 3.05) is 0 Å². The molecule has 6 saturated carbocycles. The normalized spacial score (nSPS) is 60.6. The van der Waals surface area contributed by atoms with Crippen molar-refractivity contribution in [3.05, 3.63) is 23.3 Å². The molecule has 0 nitrogen and oxygen atoms in total. The van der Waals surface area contributed by atoms with Crippen LogP contribution < -0.4 is 0 Å². The van der Waals surface area contributed by atoms with E-state index in [-0.39, 0.29) is 0 Å². The van der Waals surface area contributed by atoms with Crippen LogP contribution in [0.4, 0.5) is 0 Å². The Bertz CT molecular complexity index is 308. The molecule has 14 heavy (non-hydrogen) atoms. The zero-order valence-electron chi connectivity index (χ0n) is 8.45. The molecule has 0 aliphatic heterocycles. The summed E-state index contributed by atoms with van der Waals surface area (Å²) in [5, 5.41) is 0. The van der Waals surface area contributed by atoms with E-state index in [1.165, 1.54) is 54.8 Å². The maximum absolute atomic E-state index is 2.26. The highest BCUT2D eigenvalue weighted by atomic mass is 14.9. The molecule has 0 aromatic rings. The van der Waals surface area contributed by atoms with Crippen molar-refractivity contribution >= 4 is 0 Å². The number of fused-ring (bicyclic) bond motifs is 2. The zero-order chi connectivity index (χ0) is 8.86. The molecule has 0 aromatic heterocycles. The van der Waals surface area contributed by atoms with Gasteiger partial charge < -0.3 is 0 Å². The second-order valence-corrected chi connectivity index (χ2v) is 6.20. The summed E-state index contributed by atoms with van der Waals surface area (Å²) in [6.45, 7) is 0. The van der Waals surface area contributed by atoms with Crippen molar-refractivity contribution in [3.63, 3.8) is 0 Å². The van der Waals surface area contributed by atoms with Crippen molar-refractivity contribution < 1.29 is 0 Å². The third-order valence-corrected chi connectivity index (χ3v) is 5.79. The standard InChI is InChI=1S/2C7H8/c1-2-4-5(2)7-3(1)6(4)7;1-2-7-4-3-6(1)5-7/h2-7H,1H2;1-2H,3-5H2. The fourth-order valence-corrected chi connectivity index (χ4v) is 5.13. The molecule has 0 heterocycles. The Kier molecular flexibility index (Phi) is 0.929. The van der Waals surface area contributed by atoms with Crippen LogP contribution in [0.2, 0.25) is 0 Å². The Morgan fingerprint density at radius 3 is 1.43 bits per heavy atom. The first kappa shape index (κ1) is 6.87. The monoisotopic (exact) mass is 184 g/mol. The molecular weight excluding hydrogens is 168 g/mol. The van der Waals surface area contributed by atoms with Crippen LogP contribution >= 0.6 is 0 Å². The van der Waals surface area contributed by atoms with Gasteiger partial charge in [0, 0.05) is 0 Å². The van der Waals surface area contributed by atoms with Gasteiger partial charge in [-0.25, -0.2) is 0 Å². The average molecular weight is 184 g/mol. The maximum Gasteiger partial charge on any atom is -0.0102 e. The lowest BCUT2D eigenvalue weighted by molar-refractivity contribution is 0.434. The Labute approximate surface area is 85.1 Å². The molecule has 0 N–H and O–H groups in total. The molecule has 0 saturated heterocycles. The predicted octanol–water partition coefficient (Wildman–Crippen LogP) is 3.16. The maximum atomic E-state index is 2.26. The van der Waals surface area contributed by atoms with E-state index >= 15 is 0 Å². The van der Waals surface area contributed by atoms with Crippen molar-refractivity contribution in [1.29, 1.82) is 0 Å². The minimum atomic E-state index is 1.29. The third-order valence-electron chi connectivity index (χ3n) is 5.79. The highest BCUT2D eigenvalue weighted by Gasteiger charge is 2.87. The summed E-state index contributed by atoms with van der Waals surface area (Å²) < 4.78 is 0. The molecule has 0 unspecified atom stereocenters. The van der Waals surface area contributed by atoms with Crippen LogP contribution in [0.1, 0.15) is 25.7 Å². The molecule has 0 aromatic carbocycles. The zero-order valence-corrected chi connectivity index (χ0v) is 8.45. The summed E-state index contributed by atoms with van der Waals surface area (Å²) in [6, 6.07) is 0. The van der Waals surface area contributed by atoms with Crippen molar-refractivity contribution in [1.82, 2.24) is 0 Å². The highest BCUT2D eigenvalue weighted by Crippen LogP contribution is 2.92. The molecule has 7 aliphatic rings. The highest BCUT2D eigenvalue weighted by molar-refractivity contribution is 5.36. The van der Waals surface area contributed by atoms with E-state index in [1.54, 1.807) is 17.6 Å². The van der Waals surface area contributed by atoms with Crippen LogP contribution in [-0.2, 0) is 0 Å². The number of hydrogen-bond donors (Lipinski definition) is 0. The summed E-state index contributed by atoms with van der Waals surface area (Å²) in [6.07, 6.45) is 10.2. The smallest absolute Gasteiger partial charge is 0.0102 e. The van der Waals surface area contributed by atoms with E-state index in [2.05, 4.69) is 12.2 Å². The summed E-state index contributed by atoms with van der Waals surface area (Å²) in [5.41, 5.74) is 3.30. The van der Waals surface area contributed by atoms with Gasteiger partial charge in [-0.3, -0.25) is 0 Å². The molecule has 0 spiro atoms. The molecule has 0 heteroatoms. The lowest BCUT2D eigenvalue weighted by Crippen LogP contribution is -2.00. The Hall–Kier alpha value is -0.520. The lowest BCUT2D eigenvalue weighted by atomic mass is 10.0. The summed E-state index contributed by atoms with van der Waals surface area (Å²) >= 11 is 0. The van der Waals surface area contributed by atoms with Crippen LogP contribution in [0.25, 0.3) is 0 Å². The molecule has 6 fully saturated rings. The average Bonchev–Trinajstić information content (AvgIpc) is 2.76. The van der Waals surface area contributed by atoms with E-state index in [1.807, 2.05) is 0 Å². The van der Waals surface area contributed by atoms with Gasteiger partial charge in [0.2, 0.25) is 0 Å².